The number of nitrogens with zero attached hydrogens (tertiary/aromatic N) is 5. The number of esters is 1. The number of benzene rings is 1. The first-order chi connectivity index (χ1) is 18.7. The number of hydrogen-bond acceptors (Lipinski definition) is 15. The number of imidazole rings is 1. The first-order valence-corrected chi connectivity index (χ1v) is 12.6. The molecule has 16 nitrogen and oxygen atoms in total. The average molecular weight is 567 g/mol. The van der Waals surface area contributed by atoms with Gasteiger partial charge in [-0.05, 0) is 19.1 Å². The van der Waals surface area contributed by atoms with E-state index in [0.29, 0.717) is 0 Å². The van der Waals surface area contributed by atoms with Gasteiger partial charge in [0.1, 0.15) is 42.6 Å². The summed E-state index contributed by atoms with van der Waals surface area (Å²) >= 11 is 1.04. The fourth-order valence-electron chi connectivity index (χ4n) is 3.88. The number of nitrogens with two attached hydrogens (primary N) is 1. The number of ether oxygens (including phenoxy) is 3. The van der Waals surface area contributed by atoms with Crippen LogP contribution in [0.4, 0.5) is 11.5 Å². The largest absolute Gasteiger partial charge is 0.491 e. The number of anilines is 1. The molecule has 1 fully saturated rings. The first-order valence-electron chi connectivity index (χ1n) is 11.7. The SMILES string of the molecule is CCOC(=O)c1ccc(OCC(O)CSc2nc3c(N)ncnc3n2[C@@H]2O[C@H](CO)[C@@H](O)[C@H]2O)cc1[N+](=O)[O-]. The van der Waals surface area contributed by atoms with Crippen molar-refractivity contribution in [2.75, 3.05) is 31.3 Å². The Bertz CT molecular complexity index is 1360. The maximum Gasteiger partial charge on any atom is 0.345 e. The molecular weight excluding hydrogens is 540 g/mol. The lowest BCUT2D eigenvalue weighted by Gasteiger charge is -2.19. The quantitative estimate of drug-likeness (QED) is 0.0861. The molecule has 4 rings (SSSR count). The summed E-state index contributed by atoms with van der Waals surface area (Å²) in [5.74, 6) is -0.715. The Hall–Kier alpha value is -3.61. The highest BCUT2D eigenvalue weighted by Crippen LogP contribution is 2.36. The highest BCUT2D eigenvalue weighted by atomic mass is 32.2. The van der Waals surface area contributed by atoms with Crippen LogP contribution in [0, 0.1) is 10.1 Å². The molecule has 3 heterocycles. The molecule has 1 aromatic carbocycles. The number of nitrogen functional groups attached to an aromatic ring is 1. The molecular formula is C22H26N6O10S. The Morgan fingerprint density at radius 3 is 2.77 bits per heavy atom. The van der Waals surface area contributed by atoms with E-state index in [1.807, 2.05) is 0 Å². The minimum Gasteiger partial charge on any atom is -0.491 e. The Morgan fingerprint density at radius 1 is 1.33 bits per heavy atom. The van der Waals surface area contributed by atoms with Crippen molar-refractivity contribution in [2.24, 2.45) is 0 Å². The van der Waals surface area contributed by atoms with E-state index in [-0.39, 0.29) is 52.4 Å². The van der Waals surface area contributed by atoms with E-state index in [1.54, 1.807) is 6.92 Å². The fourth-order valence-corrected chi connectivity index (χ4v) is 4.80. The van der Waals surface area contributed by atoms with E-state index in [9.17, 15) is 35.3 Å². The predicted octanol–water partition coefficient (Wildman–Crippen LogP) is -0.363. The van der Waals surface area contributed by atoms with Crippen molar-refractivity contribution >= 4 is 40.4 Å². The van der Waals surface area contributed by atoms with Crippen molar-refractivity contribution in [3.05, 3.63) is 40.2 Å². The molecule has 1 aliphatic rings. The third kappa shape index (κ3) is 5.87. The summed E-state index contributed by atoms with van der Waals surface area (Å²) in [6.07, 6.45) is -4.89. The molecule has 1 saturated heterocycles. The van der Waals surface area contributed by atoms with Crippen molar-refractivity contribution in [3.8, 4) is 5.75 Å². The summed E-state index contributed by atoms with van der Waals surface area (Å²) < 4.78 is 17.4. The van der Waals surface area contributed by atoms with Crippen LogP contribution in [0.5, 0.6) is 5.75 Å². The fraction of sp³-hybridized carbons (Fsp3) is 0.455. The third-order valence-corrected chi connectivity index (χ3v) is 6.85. The zero-order chi connectivity index (χ0) is 28.3. The second-order valence-electron chi connectivity index (χ2n) is 8.36. The van der Waals surface area contributed by atoms with Crippen LogP contribution in [-0.2, 0) is 9.47 Å². The number of aromatic nitrogens is 4. The molecule has 210 valence electrons. The number of aliphatic hydroxyl groups excluding tert-OH is 4. The Morgan fingerprint density at radius 2 is 2.10 bits per heavy atom. The van der Waals surface area contributed by atoms with Gasteiger partial charge in [-0.25, -0.2) is 19.7 Å². The van der Waals surface area contributed by atoms with Gasteiger partial charge in [-0.3, -0.25) is 14.7 Å². The third-order valence-electron chi connectivity index (χ3n) is 5.75. The van der Waals surface area contributed by atoms with Crippen LogP contribution in [-0.4, -0.2) is 101 Å². The number of thioether (sulfide) groups is 1. The molecule has 0 amide bonds. The highest BCUT2D eigenvalue weighted by Gasteiger charge is 2.45. The summed E-state index contributed by atoms with van der Waals surface area (Å²) in [6.45, 7) is 0.838. The summed E-state index contributed by atoms with van der Waals surface area (Å²) in [4.78, 5) is 35.1. The van der Waals surface area contributed by atoms with Crippen molar-refractivity contribution in [3.63, 3.8) is 0 Å². The molecule has 2 aromatic heterocycles. The number of carbonyl (C=O) groups is 1. The van der Waals surface area contributed by atoms with Crippen LogP contribution >= 0.6 is 11.8 Å². The van der Waals surface area contributed by atoms with Crippen LogP contribution < -0.4 is 10.5 Å². The average Bonchev–Trinajstić information content (AvgIpc) is 3.43. The summed E-state index contributed by atoms with van der Waals surface area (Å²) in [7, 11) is 0. The van der Waals surface area contributed by atoms with E-state index in [2.05, 4.69) is 15.0 Å². The predicted molar refractivity (Wildman–Crippen MR) is 134 cm³/mol. The van der Waals surface area contributed by atoms with Crippen molar-refractivity contribution in [2.45, 2.75) is 42.7 Å². The normalized spacial score (nSPS) is 21.7. The lowest BCUT2D eigenvalue weighted by atomic mass is 10.1. The van der Waals surface area contributed by atoms with E-state index >= 15 is 0 Å². The second-order valence-corrected chi connectivity index (χ2v) is 9.34. The minimum atomic E-state index is -1.42. The number of fused-ring (bicyclic) bond motifs is 1. The van der Waals surface area contributed by atoms with Crippen molar-refractivity contribution in [1.82, 2.24) is 19.5 Å². The number of nitro groups is 1. The number of rotatable bonds is 11. The molecule has 6 N–H and O–H groups in total. The molecule has 5 atom stereocenters. The summed E-state index contributed by atoms with van der Waals surface area (Å²) in [6, 6.07) is 3.62. The smallest absolute Gasteiger partial charge is 0.345 e. The lowest BCUT2D eigenvalue weighted by Crippen LogP contribution is -2.33. The maximum absolute atomic E-state index is 12.0. The van der Waals surface area contributed by atoms with Crippen LogP contribution in [0.25, 0.3) is 11.2 Å². The molecule has 17 heteroatoms. The topological polar surface area (TPSA) is 238 Å². The second kappa shape index (κ2) is 12.1. The zero-order valence-electron chi connectivity index (χ0n) is 20.5. The molecule has 1 aliphatic heterocycles. The molecule has 0 radical (unpaired) electrons. The molecule has 0 bridgehead atoms. The number of nitro benzene ring substituents is 1. The monoisotopic (exact) mass is 566 g/mol. The van der Waals surface area contributed by atoms with Crippen LogP contribution in [0.1, 0.15) is 23.5 Å². The van der Waals surface area contributed by atoms with Crippen LogP contribution in [0.3, 0.4) is 0 Å². The standard InChI is InChI=1S/C22H26N6O10S/c1-2-36-21(33)12-4-3-11(5-13(12)28(34)35)37-7-10(30)8-39-22-26-15-18(23)24-9-25-19(15)27(22)20-17(32)16(31)14(6-29)38-20/h3-5,9-10,14,16-17,20,29-32H,2,6-8H2,1H3,(H2,23,24,25)/t10?,14-,16-,17-,20-/m1/s1. The lowest BCUT2D eigenvalue weighted by molar-refractivity contribution is -0.385. The van der Waals surface area contributed by atoms with Gasteiger partial charge in [-0.2, -0.15) is 0 Å². The van der Waals surface area contributed by atoms with E-state index in [1.165, 1.54) is 23.0 Å². The molecule has 0 spiro atoms. The van der Waals surface area contributed by atoms with E-state index in [0.717, 1.165) is 17.8 Å². The number of carbonyl (C=O) groups excluding carboxylic acids is 1. The van der Waals surface area contributed by atoms with Gasteiger partial charge >= 0.3 is 5.97 Å². The Kier molecular flexibility index (Phi) is 8.78. The first kappa shape index (κ1) is 28.4. The van der Waals surface area contributed by atoms with Crippen molar-refractivity contribution in [1.29, 1.82) is 0 Å². The van der Waals surface area contributed by atoms with Crippen LogP contribution in [0.15, 0.2) is 29.7 Å². The van der Waals surface area contributed by atoms with Gasteiger partial charge in [-0.1, -0.05) is 11.8 Å². The van der Waals surface area contributed by atoms with Gasteiger partial charge in [0.15, 0.2) is 28.4 Å². The van der Waals surface area contributed by atoms with Gasteiger partial charge in [0.25, 0.3) is 5.69 Å². The maximum atomic E-state index is 12.0. The Balaban J connectivity index is 1.48. The molecule has 39 heavy (non-hydrogen) atoms. The number of hydrogen-bond donors (Lipinski definition) is 5. The molecule has 0 saturated carbocycles. The highest BCUT2D eigenvalue weighted by molar-refractivity contribution is 7.99. The van der Waals surface area contributed by atoms with Gasteiger partial charge in [-0.15, -0.1) is 0 Å². The summed E-state index contributed by atoms with van der Waals surface area (Å²) in [5.41, 5.74) is 5.61. The van der Waals surface area contributed by atoms with Gasteiger partial charge in [0.2, 0.25) is 0 Å². The molecule has 0 aliphatic carbocycles. The van der Waals surface area contributed by atoms with Gasteiger partial charge in [0.05, 0.1) is 30.3 Å². The molecule has 1 unspecified atom stereocenters. The van der Waals surface area contributed by atoms with E-state index in [4.69, 9.17) is 19.9 Å². The Labute approximate surface area is 224 Å². The number of aliphatic hydroxyl groups is 4. The molecule has 3 aromatic rings. The minimum absolute atomic E-state index is 0.00839. The van der Waals surface area contributed by atoms with Crippen molar-refractivity contribution < 1.29 is 44.4 Å². The van der Waals surface area contributed by atoms with Crippen LogP contribution in [0.2, 0.25) is 0 Å². The van der Waals surface area contributed by atoms with Gasteiger partial charge in [0, 0.05) is 5.75 Å². The zero-order valence-corrected chi connectivity index (χ0v) is 21.3. The van der Waals surface area contributed by atoms with E-state index < -0.39 is 53.8 Å². The van der Waals surface area contributed by atoms with Gasteiger partial charge < -0.3 is 40.4 Å². The summed E-state index contributed by atoms with van der Waals surface area (Å²) in [5, 5.41) is 52.4.